The van der Waals surface area contributed by atoms with Crippen LogP contribution in [-0.2, 0) is 0 Å². The van der Waals surface area contributed by atoms with E-state index in [0.717, 1.165) is 45.3 Å². The molecule has 214 valence electrons. The van der Waals surface area contributed by atoms with E-state index in [1.165, 1.54) is 16.3 Å². The second-order valence-electron chi connectivity index (χ2n) is 11.1. The fourth-order valence-corrected chi connectivity index (χ4v) is 6.40. The van der Waals surface area contributed by atoms with E-state index >= 15 is 0 Å². The molecule has 7 aromatic carbocycles. The summed E-state index contributed by atoms with van der Waals surface area (Å²) in [5.74, 6) is 0. The molecule has 8 rings (SSSR count). The summed E-state index contributed by atoms with van der Waals surface area (Å²) in [6, 6.07) is 66.7. The zero-order valence-electron chi connectivity index (χ0n) is 24.7. The summed E-state index contributed by atoms with van der Waals surface area (Å²) in [6.45, 7) is 0. The number of para-hydroxylation sites is 6. The number of hydrogen-bond donors (Lipinski definition) is 0. The first-order valence-electron chi connectivity index (χ1n) is 15.3. The number of anilines is 6. The van der Waals surface area contributed by atoms with Crippen LogP contribution in [0.2, 0.25) is 0 Å². The summed E-state index contributed by atoms with van der Waals surface area (Å²) in [4.78, 5) is 4.74. The molecule has 0 fully saturated rings. The predicted molar refractivity (Wildman–Crippen MR) is 190 cm³/mol. The predicted octanol–water partition coefficient (Wildman–Crippen LogP) is 11.7. The van der Waals surface area contributed by atoms with Crippen LogP contribution in [0.15, 0.2) is 188 Å². The van der Waals surface area contributed by atoms with Crippen molar-refractivity contribution >= 4 is 55.9 Å². The molecule has 0 unspecified atom stereocenters. The quantitative estimate of drug-likeness (QED) is 0.187. The van der Waals surface area contributed by atoms with Crippen molar-refractivity contribution in [2.24, 2.45) is 0 Å². The van der Waals surface area contributed by atoms with Crippen LogP contribution in [0.5, 0.6) is 0 Å². The number of hydrogen-bond acceptors (Lipinski definition) is 2. The van der Waals surface area contributed by atoms with E-state index in [1.54, 1.807) is 0 Å². The minimum absolute atomic E-state index is 1.08. The van der Waals surface area contributed by atoms with Gasteiger partial charge in [-0.25, -0.2) is 0 Å². The van der Waals surface area contributed by atoms with Crippen molar-refractivity contribution in [3.05, 3.63) is 188 Å². The van der Waals surface area contributed by atoms with Crippen molar-refractivity contribution in [1.82, 2.24) is 4.57 Å². The third-order valence-corrected chi connectivity index (χ3v) is 8.31. The molecule has 3 nitrogen and oxygen atoms in total. The van der Waals surface area contributed by atoms with Gasteiger partial charge in [-0.1, -0.05) is 109 Å². The Morgan fingerprint density at radius 2 is 0.756 bits per heavy atom. The maximum atomic E-state index is 2.40. The first-order valence-corrected chi connectivity index (χ1v) is 15.3. The SMILES string of the molecule is c1ccc(N(c2ccccc2)c2cc(N(c3ccccc3)c3ccccc3)c3c4ccccc4n(-c4ccccc4)c3c2)cc1. The third kappa shape index (κ3) is 4.81. The van der Waals surface area contributed by atoms with Crippen LogP contribution in [-0.4, -0.2) is 4.57 Å². The van der Waals surface area contributed by atoms with Gasteiger partial charge in [0.15, 0.2) is 0 Å². The van der Waals surface area contributed by atoms with Crippen LogP contribution in [0.3, 0.4) is 0 Å². The van der Waals surface area contributed by atoms with Crippen molar-refractivity contribution in [2.75, 3.05) is 9.80 Å². The largest absolute Gasteiger partial charge is 0.310 e. The van der Waals surface area contributed by atoms with E-state index in [9.17, 15) is 0 Å². The lowest BCUT2D eigenvalue weighted by molar-refractivity contribution is 1.17. The second kappa shape index (κ2) is 11.6. The van der Waals surface area contributed by atoms with Crippen LogP contribution in [0.1, 0.15) is 0 Å². The number of aromatic nitrogens is 1. The van der Waals surface area contributed by atoms with Gasteiger partial charge in [0, 0.05) is 39.2 Å². The zero-order valence-corrected chi connectivity index (χ0v) is 24.7. The molecule has 0 saturated heterocycles. The topological polar surface area (TPSA) is 11.4 Å². The number of benzene rings is 7. The molecule has 8 aromatic rings. The normalized spacial score (nSPS) is 11.1. The molecule has 0 saturated carbocycles. The average Bonchev–Trinajstić information content (AvgIpc) is 3.45. The molecule has 0 atom stereocenters. The standard InChI is InChI=1S/C42H31N3/c1-6-18-32(19-7-1)43(33-20-8-2-9-21-33)37-30-40(44(34-22-10-3-11-23-34)35-24-12-4-13-25-35)42-38-28-16-17-29-39(38)45(41(42)31-37)36-26-14-5-15-27-36/h1-31H. The summed E-state index contributed by atoms with van der Waals surface area (Å²) in [5.41, 5.74) is 10.0. The smallest absolute Gasteiger partial charge is 0.0583 e. The molecule has 0 bridgehead atoms. The summed E-state index contributed by atoms with van der Waals surface area (Å²) in [5, 5.41) is 2.41. The Labute approximate surface area is 263 Å². The van der Waals surface area contributed by atoms with Crippen LogP contribution < -0.4 is 9.80 Å². The number of nitrogens with zero attached hydrogens (tertiary/aromatic N) is 3. The summed E-state index contributed by atoms with van der Waals surface area (Å²) < 4.78 is 2.40. The molecular formula is C42H31N3. The summed E-state index contributed by atoms with van der Waals surface area (Å²) in [6.07, 6.45) is 0. The van der Waals surface area contributed by atoms with Crippen LogP contribution in [0, 0.1) is 0 Å². The van der Waals surface area contributed by atoms with Crippen molar-refractivity contribution in [3.8, 4) is 5.69 Å². The molecule has 1 aromatic heterocycles. The zero-order chi connectivity index (χ0) is 30.0. The van der Waals surface area contributed by atoms with Crippen LogP contribution in [0.4, 0.5) is 34.1 Å². The maximum absolute atomic E-state index is 2.40. The lowest BCUT2D eigenvalue weighted by Crippen LogP contribution is -2.14. The van der Waals surface area contributed by atoms with Gasteiger partial charge in [0.1, 0.15) is 0 Å². The van der Waals surface area contributed by atoms with Crippen molar-refractivity contribution in [1.29, 1.82) is 0 Å². The summed E-state index contributed by atoms with van der Waals surface area (Å²) >= 11 is 0. The van der Waals surface area contributed by atoms with E-state index in [1.807, 2.05) is 0 Å². The molecule has 0 aliphatic carbocycles. The van der Waals surface area contributed by atoms with Crippen molar-refractivity contribution in [2.45, 2.75) is 0 Å². The molecule has 0 aliphatic heterocycles. The molecule has 1 heterocycles. The van der Waals surface area contributed by atoms with Gasteiger partial charge in [0.05, 0.1) is 22.4 Å². The van der Waals surface area contributed by atoms with Gasteiger partial charge < -0.3 is 14.4 Å². The molecule has 0 N–H and O–H groups in total. The lowest BCUT2D eigenvalue weighted by atomic mass is 10.1. The molecular weight excluding hydrogens is 546 g/mol. The van der Waals surface area contributed by atoms with Gasteiger partial charge in [0.2, 0.25) is 0 Å². The number of fused-ring (bicyclic) bond motifs is 3. The Morgan fingerprint density at radius 1 is 0.333 bits per heavy atom. The average molecular weight is 578 g/mol. The fraction of sp³-hybridized carbons (Fsp3) is 0. The Morgan fingerprint density at radius 3 is 1.27 bits per heavy atom. The van der Waals surface area contributed by atoms with E-state index in [2.05, 4.69) is 202 Å². The number of rotatable bonds is 7. The molecule has 0 radical (unpaired) electrons. The van der Waals surface area contributed by atoms with E-state index in [4.69, 9.17) is 0 Å². The molecule has 0 aliphatic rings. The monoisotopic (exact) mass is 577 g/mol. The minimum atomic E-state index is 1.08. The van der Waals surface area contributed by atoms with E-state index < -0.39 is 0 Å². The van der Waals surface area contributed by atoms with Crippen LogP contribution in [0.25, 0.3) is 27.5 Å². The van der Waals surface area contributed by atoms with Gasteiger partial charge in [-0.3, -0.25) is 0 Å². The highest BCUT2D eigenvalue weighted by atomic mass is 15.2. The Kier molecular flexibility index (Phi) is 6.82. The van der Waals surface area contributed by atoms with Gasteiger partial charge in [-0.15, -0.1) is 0 Å². The van der Waals surface area contributed by atoms with E-state index in [-0.39, 0.29) is 0 Å². The molecule has 3 heteroatoms. The van der Waals surface area contributed by atoms with Gasteiger partial charge in [0.25, 0.3) is 0 Å². The second-order valence-corrected chi connectivity index (χ2v) is 11.1. The van der Waals surface area contributed by atoms with Crippen LogP contribution >= 0.6 is 0 Å². The lowest BCUT2D eigenvalue weighted by Gasteiger charge is -2.30. The molecule has 45 heavy (non-hydrogen) atoms. The van der Waals surface area contributed by atoms with Crippen molar-refractivity contribution in [3.63, 3.8) is 0 Å². The minimum Gasteiger partial charge on any atom is -0.310 e. The highest BCUT2D eigenvalue weighted by Gasteiger charge is 2.24. The highest BCUT2D eigenvalue weighted by Crippen LogP contribution is 2.47. The van der Waals surface area contributed by atoms with Crippen molar-refractivity contribution < 1.29 is 0 Å². The van der Waals surface area contributed by atoms with Gasteiger partial charge >= 0.3 is 0 Å². The Hall–Kier alpha value is -6.06. The fourth-order valence-electron chi connectivity index (χ4n) is 6.40. The highest BCUT2D eigenvalue weighted by molar-refractivity contribution is 6.18. The summed E-state index contributed by atoms with van der Waals surface area (Å²) in [7, 11) is 0. The Bertz CT molecular complexity index is 2110. The van der Waals surface area contributed by atoms with Gasteiger partial charge in [-0.05, 0) is 78.9 Å². The van der Waals surface area contributed by atoms with Gasteiger partial charge in [-0.2, -0.15) is 0 Å². The first-order chi connectivity index (χ1) is 22.4. The first kappa shape index (κ1) is 26.6. The van der Waals surface area contributed by atoms with E-state index in [0.29, 0.717) is 0 Å². The molecule has 0 amide bonds. The maximum Gasteiger partial charge on any atom is 0.0583 e. The molecule has 0 spiro atoms. The Balaban J connectivity index is 1.53. The third-order valence-electron chi connectivity index (χ3n) is 8.31.